The zero-order valence-corrected chi connectivity index (χ0v) is 16.5. The highest BCUT2D eigenvalue weighted by Gasteiger charge is 2.39. The number of rotatable bonds is 8. The first-order valence-corrected chi connectivity index (χ1v) is 10.6. The quantitative estimate of drug-likeness (QED) is 0.398. The topological polar surface area (TPSA) is 66.5 Å². The van der Waals surface area contributed by atoms with E-state index in [0.29, 0.717) is 18.5 Å². The summed E-state index contributed by atoms with van der Waals surface area (Å²) in [6.07, 6.45) is 7.68. The first kappa shape index (κ1) is 19.1. The van der Waals surface area contributed by atoms with E-state index in [9.17, 15) is 14.4 Å². The van der Waals surface area contributed by atoms with E-state index in [1.165, 1.54) is 31.2 Å². The van der Waals surface area contributed by atoms with Crippen molar-refractivity contribution in [3.05, 3.63) is 34.9 Å². The Labute approximate surface area is 162 Å². The van der Waals surface area contributed by atoms with Crippen LogP contribution in [0.5, 0.6) is 0 Å². The van der Waals surface area contributed by atoms with Gasteiger partial charge in [-0.2, -0.15) is 0 Å². The molecule has 0 saturated carbocycles. The van der Waals surface area contributed by atoms with E-state index in [2.05, 4.69) is 27.3 Å². The van der Waals surface area contributed by atoms with Gasteiger partial charge >= 0.3 is 0 Å². The molecule has 5 nitrogen and oxygen atoms in total. The van der Waals surface area contributed by atoms with E-state index in [1.54, 1.807) is 4.90 Å². The van der Waals surface area contributed by atoms with Crippen molar-refractivity contribution in [3.8, 4) is 0 Å². The minimum absolute atomic E-state index is 0.0892. The summed E-state index contributed by atoms with van der Waals surface area (Å²) in [5.41, 5.74) is 2.99. The number of nitrogens with one attached hydrogen (secondary N) is 1. The summed E-state index contributed by atoms with van der Waals surface area (Å²) in [4.78, 5) is 37.9. The Bertz CT molecular complexity index is 704. The summed E-state index contributed by atoms with van der Waals surface area (Å²) in [6.45, 7) is 0.472. The lowest BCUT2D eigenvalue weighted by Gasteiger charge is -2.29. The van der Waals surface area contributed by atoms with Crippen LogP contribution in [-0.4, -0.2) is 34.0 Å². The van der Waals surface area contributed by atoms with E-state index in [4.69, 9.17) is 0 Å². The van der Waals surface area contributed by atoms with Crippen molar-refractivity contribution < 1.29 is 14.4 Å². The number of alkyl halides is 1. The predicted molar refractivity (Wildman–Crippen MR) is 103 cm³/mol. The number of halogens is 1. The van der Waals surface area contributed by atoms with Crippen molar-refractivity contribution in [2.75, 3.05) is 5.33 Å². The largest absolute Gasteiger partial charge is 0.322 e. The van der Waals surface area contributed by atoms with Crippen LogP contribution in [0.3, 0.4) is 0 Å². The number of hydrogen-bond donors (Lipinski definition) is 1. The van der Waals surface area contributed by atoms with E-state index >= 15 is 0 Å². The molecular formula is C20H25BrN2O3. The van der Waals surface area contributed by atoms with Crippen LogP contribution in [0.2, 0.25) is 0 Å². The number of fused-ring (bicyclic) bond motifs is 1. The molecule has 3 amide bonds. The number of piperidine rings is 1. The summed E-state index contributed by atoms with van der Waals surface area (Å²) in [5, 5.41) is 3.42. The van der Waals surface area contributed by atoms with Crippen molar-refractivity contribution >= 4 is 33.7 Å². The molecule has 1 N–H and O–H groups in total. The van der Waals surface area contributed by atoms with Crippen LogP contribution in [0.1, 0.15) is 66.4 Å². The van der Waals surface area contributed by atoms with E-state index < -0.39 is 6.04 Å². The van der Waals surface area contributed by atoms with E-state index in [1.807, 2.05) is 12.1 Å². The molecule has 0 spiro atoms. The summed E-state index contributed by atoms with van der Waals surface area (Å²) < 4.78 is 0. The number of carbonyl (C=O) groups is 3. The molecule has 1 aromatic carbocycles. The number of hydrogen-bond acceptors (Lipinski definition) is 3. The average Bonchev–Trinajstić information content (AvgIpc) is 2.96. The molecule has 2 aliphatic rings. The first-order chi connectivity index (χ1) is 12.6. The third-order valence-electron chi connectivity index (χ3n) is 5.26. The molecule has 1 aromatic rings. The normalized spacial score (nSPS) is 19.7. The summed E-state index contributed by atoms with van der Waals surface area (Å²) in [7, 11) is 0. The first-order valence-electron chi connectivity index (χ1n) is 9.43. The zero-order valence-electron chi connectivity index (χ0n) is 14.9. The molecule has 0 aliphatic carbocycles. The predicted octanol–water partition coefficient (Wildman–Crippen LogP) is 3.34. The molecule has 26 heavy (non-hydrogen) atoms. The van der Waals surface area contributed by atoms with Crippen LogP contribution in [0.15, 0.2) is 18.2 Å². The molecule has 3 rings (SSSR count). The van der Waals surface area contributed by atoms with Gasteiger partial charge in [-0.3, -0.25) is 19.7 Å². The third-order valence-corrected chi connectivity index (χ3v) is 5.82. The number of amides is 3. The van der Waals surface area contributed by atoms with Gasteiger partial charge in [0.25, 0.3) is 5.91 Å². The van der Waals surface area contributed by atoms with Gasteiger partial charge in [0.15, 0.2) is 0 Å². The van der Waals surface area contributed by atoms with Gasteiger partial charge in [0.1, 0.15) is 6.04 Å². The summed E-state index contributed by atoms with van der Waals surface area (Å²) in [5.74, 6) is -0.694. The Morgan fingerprint density at radius 2 is 1.85 bits per heavy atom. The van der Waals surface area contributed by atoms with Gasteiger partial charge in [-0.1, -0.05) is 47.3 Å². The minimum atomic E-state index is -0.537. The molecule has 2 heterocycles. The van der Waals surface area contributed by atoms with Crippen LogP contribution in [0, 0.1) is 0 Å². The fourth-order valence-corrected chi connectivity index (χ4v) is 4.22. The Morgan fingerprint density at radius 3 is 2.62 bits per heavy atom. The Morgan fingerprint density at radius 1 is 1.08 bits per heavy atom. The molecule has 6 heteroatoms. The number of carbonyl (C=O) groups excluding carboxylic acids is 3. The second kappa shape index (κ2) is 8.80. The fourth-order valence-electron chi connectivity index (χ4n) is 3.82. The van der Waals surface area contributed by atoms with Gasteiger partial charge in [-0.05, 0) is 42.9 Å². The number of imide groups is 1. The maximum absolute atomic E-state index is 12.8. The van der Waals surface area contributed by atoms with Gasteiger partial charge in [0, 0.05) is 23.9 Å². The van der Waals surface area contributed by atoms with Gasteiger partial charge in [0.05, 0.1) is 0 Å². The van der Waals surface area contributed by atoms with Crippen molar-refractivity contribution in [1.82, 2.24) is 10.2 Å². The fraction of sp³-hybridized carbons (Fsp3) is 0.550. The third kappa shape index (κ3) is 4.17. The Balaban J connectivity index is 1.64. The highest BCUT2D eigenvalue weighted by atomic mass is 79.9. The van der Waals surface area contributed by atoms with Crippen molar-refractivity contribution in [1.29, 1.82) is 0 Å². The highest BCUT2D eigenvalue weighted by molar-refractivity contribution is 9.09. The molecule has 1 saturated heterocycles. The SMILES string of the molecule is O=C1CCC(N2Cc3c(CCCCCCCBr)cccc3C2=O)C(=O)N1. The second-order valence-electron chi connectivity index (χ2n) is 7.05. The smallest absolute Gasteiger partial charge is 0.255 e. The standard InChI is InChI=1S/C20H25BrN2O3/c21-12-5-3-1-2-4-7-14-8-6-9-15-16(14)13-23(20(15)26)17-10-11-18(24)22-19(17)25/h6,8-9,17H,1-5,7,10-13H2,(H,22,24,25). The Hall–Kier alpha value is -1.69. The lowest BCUT2D eigenvalue weighted by Crippen LogP contribution is -2.52. The average molecular weight is 421 g/mol. The molecule has 0 aromatic heterocycles. The number of aryl methyl sites for hydroxylation is 1. The molecular weight excluding hydrogens is 396 g/mol. The van der Waals surface area contributed by atoms with Crippen molar-refractivity contribution in [3.63, 3.8) is 0 Å². The molecule has 0 radical (unpaired) electrons. The van der Waals surface area contributed by atoms with Crippen molar-refractivity contribution in [2.45, 2.75) is 64.0 Å². The molecule has 1 fully saturated rings. The number of benzene rings is 1. The van der Waals surface area contributed by atoms with Gasteiger partial charge in [-0.15, -0.1) is 0 Å². The van der Waals surface area contributed by atoms with Gasteiger partial charge < -0.3 is 4.90 Å². The summed E-state index contributed by atoms with van der Waals surface area (Å²) in [6, 6.07) is 5.34. The molecule has 1 unspecified atom stereocenters. The number of unbranched alkanes of at least 4 members (excludes halogenated alkanes) is 4. The van der Waals surface area contributed by atoms with Crippen molar-refractivity contribution in [2.24, 2.45) is 0 Å². The van der Waals surface area contributed by atoms with Gasteiger partial charge in [0.2, 0.25) is 11.8 Å². The maximum atomic E-state index is 12.8. The maximum Gasteiger partial charge on any atom is 0.255 e. The molecule has 0 bridgehead atoms. The van der Waals surface area contributed by atoms with Crippen LogP contribution in [-0.2, 0) is 22.6 Å². The number of nitrogens with zero attached hydrogens (tertiary/aromatic N) is 1. The monoisotopic (exact) mass is 420 g/mol. The molecule has 140 valence electrons. The van der Waals surface area contributed by atoms with E-state index in [-0.39, 0.29) is 24.1 Å². The van der Waals surface area contributed by atoms with Crippen LogP contribution in [0.4, 0.5) is 0 Å². The van der Waals surface area contributed by atoms with Crippen LogP contribution < -0.4 is 5.32 Å². The Kier molecular flexibility index (Phi) is 6.46. The lowest BCUT2D eigenvalue weighted by molar-refractivity contribution is -0.136. The minimum Gasteiger partial charge on any atom is -0.322 e. The lowest BCUT2D eigenvalue weighted by atomic mass is 9.98. The summed E-state index contributed by atoms with van der Waals surface area (Å²) >= 11 is 3.46. The molecule has 1 atom stereocenters. The van der Waals surface area contributed by atoms with Gasteiger partial charge in [-0.25, -0.2) is 0 Å². The molecule has 2 aliphatic heterocycles. The second-order valence-corrected chi connectivity index (χ2v) is 7.84. The highest BCUT2D eigenvalue weighted by Crippen LogP contribution is 2.30. The van der Waals surface area contributed by atoms with E-state index in [0.717, 1.165) is 23.7 Å². The van der Waals surface area contributed by atoms with Crippen LogP contribution in [0.25, 0.3) is 0 Å². The van der Waals surface area contributed by atoms with Crippen LogP contribution >= 0.6 is 15.9 Å². The zero-order chi connectivity index (χ0) is 18.5.